The highest BCUT2D eigenvalue weighted by Crippen LogP contribution is 2.36. The molecule has 1 aliphatic rings. The Morgan fingerprint density at radius 1 is 0.929 bits per heavy atom. The molecule has 1 fully saturated rings. The zero-order valence-corrected chi connectivity index (χ0v) is 16.8. The van der Waals surface area contributed by atoms with E-state index in [0.29, 0.717) is 6.54 Å². The zero-order chi connectivity index (χ0) is 19.8. The van der Waals surface area contributed by atoms with Crippen LogP contribution in [0.5, 0.6) is 11.5 Å². The van der Waals surface area contributed by atoms with Gasteiger partial charge in [-0.2, -0.15) is 5.10 Å². The zero-order valence-electron chi connectivity index (χ0n) is 16.8. The van der Waals surface area contributed by atoms with Crippen LogP contribution in [0.2, 0.25) is 0 Å². The summed E-state index contributed by atoms with van der Waals surface area (Å²) in [6.07, 6.45) is 3.79. The van der Waals surface area contributed by atoms with Gasteiger partial charge in [-0.3, -0.25) is 4.68 Å². The van der Waals surface area contributed by atoms with Gasteiger partial charge in [0.05, 0.1) is 17.7 Å². The maximum absolute atomic E-state index is 6.10. The van der Waals surface area contributed by atoms with Crippen LogP contribution in [-0.4, -0.2) is 28.1 Å². The average molecular weight is 376 g/mol. The SMILES string of the molecule is CC1(C)OB(c2cnn(Cc3cccc(Oc4ccccc4)c3)c2)OC1(C)C. The van der Waals surface area contributed by atoms with Crippen molar-refractivity contribution in [3.63, 3.8) is 0 Å². The molecule has 0 atom stereocenters. The van der Waals surface area contributed by atoms with E-state index in [4.69, 9.17) is 14.0 Å². The molecule has 5 nitrogen and oxygen atoms in total. The van der Waals surface area contributed by atoms with Crippen molar-refractivity contribution in [2.45, 2.75) is 45.4 Å². The summed E-state index contributed by atoms with van der Waals surface area (Å²) in [6.45, 7) is 8.85. The largest absolute Gasteiger partial charge is 0.498 e. The lowest BCUT2D eigenvalue weighted by Gasteiger charge is -2.32. The fraction of sp³-hybridized carbons (Fsp3) is 0.318. The summed E-state index contributed by atoms with van der Waals surface area (Å²) in [5.74, 6) is 1.63. The Morgan fingerprint density at radius 3 is 2.32 bits per heavy atom. The van der Waals surface area contributed by atoms with Crippen molar-refractivity contribution in [2.75, 3.05) is 0 Å². The molecule has 6 heteroatoms. The van der Waals surface area contributed by atoms with Crippen molar-refractivity contribution in [3.05, 3.63) is 72.6 Å². The van der Waals surface area contributed by atoms with Gasteiger partial charge in [-0.15, -0.1) is 0 Å². The number of ether oxygens (including phenoxy) is 1. The fourth-order valence-electron chi connectivity index (χ4n) is 3.09. The molecule has 0 bridgehead atoms. The maximum atomic E-state index is 6.10. The molecular weight excluding hydrogens is 351 g/mol. The second-order valence-electron chi connectivity index (χ2n) is 8.12. The van der Waals surface area contributed by atoms with Crippen LogP contribution in [0.15, 0.2) is 67.0 Å². The summed E-state index contributed by atoms with van der Waals surface area (Å²) < 4.78 is 20.0. The van der Waals surface area contributed by atoms with E-state index < -0.39 is 7.12 Å². The number of rotatable bonds is 5. The first-order valence-corrected chi connectivity index (χ1v) is 9.52. The van der Waals surface area contributed by atoms with Crippen molar-refractivity contribution in [1.29, 1.82) is 0 Å². The molecule has 144 valence electrons. The number of aromatic nitrogens is 2. The van der Waals surface area contributed by atoms with E-state index in [0.717, 1.165) is 22.5 Å². The summed E-state index contributed by atoms with van der Waals surface area (Å²) in [6, 6.07) is 17.8. The van der Waals surface area contributed by atoms with E-state index in [2.05, 4.69) is 38.9 Å². The van der Waals surface area contributed by atoms with Gasteiger partial charge in [-0.25, -0.2) is 0 Å². The molecule has 3 aromatic rings. The van der Waals surface area contributed by atoms with Gasteiger partial charge in [0.1, 0.15) is 11.5 Å². The monoisotopic (exact) mass is 376 g/mol. The number of benzene rings is 2. The molecule has 0 spiro atoms. The van der Waals surface area contributed by atoms with E-state index >= 15 is 0 Å². The quantitative estimate of drug-likeness (QED) is 0.631. The van der Waals surface area contributed by atoms with Crippen LogP contribution in [0.4, 0.5) is 0 Å². The molecule has 4 rings (SSSR count). The van der Waals surface area contributed by atoms with E-state index in [1.54, 1.807) is 0 Å². The van der Waals surface area contributed by atoms with Crippen LogP contribution in [-0.2, 0) is 15.9 Å². The minimum absolute atomic E-state index is 0.358. The molecule has 0 aliphatic carbocycles. The second-order valence-corrected chi connectivity index (χ2v) is 8.12. The minimum atomic E-state index is -0.397. The first-order valence-electron chi connectivity index (χ1n) is 9.52. The molecule has 0 N–H and O–H groups in total. The lowest BCUT2D eigenvalue weighted by Crippen LogP contribution is -2.41. The van der Waals surface area contributed by atoms with Crippen molar-refractivity contribution in [2.24, 2.45) is 0 Å². The summed E-state index contributed by atoms with van der Waals surface area (Å²) in [5, 5.41) is 4.48. The highest BCUT2D eigenvalue weighted by molar-refractivity contribution is 6.62. The molecule has 28 heavy (non-hydrogen) atoms. The third-order valence-corrected chi connectivity index (χ3v) is 5.40. The molecule has 0 amide bonds. The van der Waals surface area contributed by atoms with Crippen molar-refractivity contribution in [3.8, 4) is 11.5 Å². The predicted octanol–water partition coefficient (Wildman–Crippen LogP) is 4.02. The number of nitrogens with zero attached hydrogens (tertiary/aromatic N) is 2. The van der Waals surface area contributed by atoms with E-state index in [9.17, 15) is 0 Å². The van der Waals surface area contributed by atoms with Gasteiger partial charge in [0, 0.05) is 17.9 Å². The lowest BCUT2D eigenvalue weighted by molar-refractivity contribution is 0.00578. The molecule has 0 radical (unpaired) electrons. The van der Waals surface area contributed by atoms with Crippen LogP contribution in [0.1, 0.15) is 33.3 Å². The Hall–Kier alpha value is -2.57. The summed E-state index contributed by atoms with van der Waals surface area (Å²) in [5.41, 5.74) is 1.32. The van der Waals surface area contributed by atoms with Gasteiger partial charge in [0.25, 0.3) is 0 Å². The van der Waals surface area contributed by atoms with Crippen LogP contribution in [0, 0.1) is 0 Å². The first-order chi connectivity index (χ1) is 13.3. The van der Waals surface area contributed by atoms with Gasteiger partial charge in [-0.05, 0) is 57.5 Å². The maximum Gasteiger partial charge on any atom is 0.498 e. The van der Waals surface area contributed by atoms with E-state index in [-0.39, 0.29) is 11.2 Å². The minimum Gasteiger partial charge on any atom is -0.457 e. The fourth-order valence-corrected chi connectivity index (χ4v) is 3.09. The van der Waals surface area contributed by atoms with Gasteiger partial charge in [0.15, 0.2) is 0 Å². The van der Waals surface area contributed by atoms with Crippen LogP contribution < -0.4 is 10.2 Å². The number of para-hydroxylation sites is 1. The van der Waals surface area contributed by atoms with Gasteiger partial charge in [0.2, 0.25) is 0 Å². The van der Waals surface area contributed by atoms with E-state index in [1.165, 1.54) is 0 Å². The lowest BCUT2D eigenvalue weighted by atomic mass is 9.82. The molecule has 1 saturated heterocycles. The highest BCUT2D eigenvalue weighted by atomic mass is 16.7. The summed E-state index contributed by atoms with van der Waals surface area (Å²) >= 11 is 0. The molecule has 0 unspecified atom stereocenters. The Morgan fingerprint density at radius 2 is 1.61 bits per heavy atom. The number of hydrogen-bond acceptors (Lipinski definition) is 4. The Kier molecular flexibility index (Phi) is 4.77. The molecular formula is C22H25BN2O3. The molecule has 1 aliphatic heterocycles. The first kappa shape index (κ1) is 18.8. The molecule has 0 saturated carbocycles. The number of hydrogen-bond donors (Lipinski definition) is 0. The topological polar surface area (TPSA) is 45.5 Å². The smallest absolute Gasteiger partial charge is 0.457 e. The van der Waals surface area contributed by atoms with E-state index in [1.807, 2.05) is 65.6 Å². The Labute approximate surface area is 166 Å². The molecule has 2 aromatic carbocycles. The summed E-state index contributed by atoms with van der Waals surface area (Å²) in [7, 11) is -0.397. The van der Waals surface area contributed by atoms with Crippen LogP contribution in [0.25, 0.3) is 0 Å². The van der Waals surface area contributed by atoms with Crippen molar-refractivity contribution < 1.29 is 14.0 Å². The van der Waals surface area contributed by atoms with Crippen LogP contribution >= 0.6 is 0 Å². The Balaban J connectivity index is 1.45. The second kappa shape index (κ2) is 7.11. The predicted molar refractivity (Wildman–Crippen MR) is 110 cm³/mol. The van der Waals surface area contributed by atoms with Crippen molar-refractivity contribution in [1.82, 2.24) is 9.78 Å². The summed E-state index contributed by atoms with van der Waals surface area (Å²) in [4.78, 5) is 0. The molecule has 2 heterocycles. The van der Waals surface area contributed by atoms with Gasteiger partial charge >= 0.3 is 7.12 Å². The van der Waals surface area contributed by atoms with Crippen LogP contribution in [0.3, 0.4) is 0 Å². The average Bonchev–Trinajstić information content (AvgIpc) is 3.18. The Bertz CT molecular complexity index is 937. The molecule has 1 aromatic heterocycles. The van der Waals surface area contributed by atoms with Gasteiger partial charge in [-0.1, -0.05) is 30.3 Å². The normalized spacial score (nSPS) is 17.6. The third-order valence-electron chi connectivity index (χ3n) is 5.40. The highest BCUT2D eigenvalue weighted by Gasteiger charge is 2.52. The van der Waals surface area contributed by atoms with Crippen molar-refractivity contribution >= 4 is 12.6 Å². The van der Waals surface area contributed by atoms with Gasteiger partial charge < -0.3 is 14.0 Å². The standard InChI is InChI=1S/C22H25BN2O3/c1-21(2)22(3,4)28-23(27-21)18-14-24-25(16-18)15-17-9-8-12-20(13-17)26-19-10-6-5-7-11-19/h5-14,16H,15H2,1-4H3. The third kappa shape index (κ3) is 3.84.